The summed E-state index contributed by atoms with van der Waals surface area (Å²) in [6, 6.07) is 19.3. The Labute approximate surface area is 187 Å². The van der Waals surface area contributed by atoms with Crippen molar-refractivity contribution in [3.8, 4) is 11.3 Å². The standard InChI is InChI=1S/C25H27N3O4/c1-2-30-25(29)21(16-23-31-13-14-32-23)28-24-20(15-18-9-5-3-6-10-18)27-22(17-26-24)19-11-7-4-8-12-19/h3-12,17,21,23H,2,13-16H2,1H3,(H,26,28). The van der Waals surface area contributed by atoms with Crippen LogP contribution in [0.5, 0.6) is 0 Å². The Morgan fingerprint density at radius 3 is 2.47 bits per heavy atom. The fourth-order valence-electron chi connectivity index (χ4n) is 3.57. The number of ether oxygens (including phenoxy) is 3. The van der Waals surface area contributed by atoms with Gasteiger partial charge in [0.25, 0.3) is 0 Å². The molecule has 1 fully saturated rings. The number of esters is 1. The molecule has 0 radical (unpaired) electrons. The zero-order chi connectivity index (χ0) is 22.2. The fraction of sp³-hybridized carbons (Fsp3) is 0.320. The van der Waals surface area contributed by atoms with E-state index in [1.165, 1.54) is 0 Å². The molecule has 32 heavy (non-hydrogen) atoms. The van der Waals surface area contributed by atoms with Gasteiger partial charge in [0.2, 0.25) is 0 Å². The molecule has 4 rings (SSSR count). The van der Waals surface area contributed by atoms with E-state index in [0.29, 0.717) is 38.5 Å². The van der Waals surface area contributed by atoms with Crippen molar-refractivity contribution in [1.29, 1.82) is 0 Å². The molecule has 2 heterocycles. The van der Waals surface area contributed by atoms with Crippen molar-refractivity contribution in [2.24, 2.45) is 0 Å². The molecule has 1 aliphatic heterocycles. The van der Waals surface area contributed by atoms with Crippen LogP contribution < -0.4 is 5.32 Å². The lowest BCUT2D eigenvalue weighted by Crippen LogP contribution is -2.36. The molecular weight excluding hydrogens is 406 g/mol. The van der Waals surface area contributed by atoms with Crippen molar-refractivity contribution >= 4 is 11.8 Å². The number of hydrogen-bond acceptors (Lipinski definition) is 7. The molecule has 0 spiro atoms. The molecule has 1 aromatic heterocycles. The van der Waals surface area contributed by atoms with Crippen LogP contribution in [-0.2, 0) is 25.4 Å². The van der Waals surface area contributed by atoms with Crippen molar-refractivity contribution in [3.05, 3.63) is 78.1 Å². The number of carbonyl (C=O) groups is 1. The number of aromatic nitrogens is 2. The lowest BCUT2D eigenvalue weighted by Gasteiger charge is -2.21. The molecule has 166 valence electrons. The number of anilines is 1. The molecule has 0 bridgehead atoms. The smallest absolute Gasteiger partial charge is 0.328 e. The van der Waals surface area contributed by atoms with Crippen molar-refractivity contribution < 1.29 is 19.0 Å². The first kappa shape index (κ1) is 21.9. The maximum atomic E-state index is 12.6. The zero-order valence-corrected chi connectivity index (χ0v) is 18.1. The van der Waals surface area contributed by atoms with Crippen LogP contribution in [-0.4, -0.2) is 48.1 Å². The van der Waals surface area contributed by atoms with Gasteiger partial charge in [0.15, 0.2) is 6.29 Å². The molecule has 1 atom stereocenters. The van der Waals surface area contributed by atoms with Crippen LogP contribution in [0.4, 0.5) is 5.82 Å². The van der Waals surface area contributed by atoms with Gasteiger partial charge in [0.05, 0.1) is 37.4 Å². The second-order valence-corrected chi connectivity index (χ2v) is 7.43. The Kier molecular flexibility index (Phi) is 7.42. The zero-order valence-electron chi connectivity index (χ0n) is 18.1. The van der Waals surface area contributed by atoms with E-state index >= 15 is 0 Å². The minimum atomic E-state index is -0.663. The Hall–Kier alpha value is -3.29. The van der Waals surface area contributed by atoms with Gasteiger partial charge in [-0.15, -0.1) is 0 Å². The summed E-state index contributed by atoms with van der Waals surface area (Å²) >= 11 is 0. The largest absolute Gasteiger partial charge is 0.464 e. The average Bonchev–Trinajstić information content (AvgIpc) is 3.34. The van der Waals surface area contributed by atoms with Gasteiger partial charge in [-0.25, -0.2) is 14.8 Å². The number of rotatable bonds is 9. The average molecular weight is 434 g/mol. The molecule has 1 aliphatic rings. The second-order valence-electron chi connectivity index (χ2n) is 7.43. The molecule has 1 N–H and O–H groups in total. The monoisotopic (exact) mass is 433 g/mol. The summed E-state index contributed by atoms with van der Waals surface area (Å²) in [5, 5.41) is 3.25. The van der Waals surface area contributed by atoms with Gasteiger partial charge in [0, 0.05) is 18.4 Å². The van der Waals surface area contributed by atoms with Crippen LogP contribution >= 0.6 is 0 Å². The predicted octanol–water partition coefficient (Wildman–Crippen LogP) is 3.84. The third kappa shape index (κ3) is 5.69. The summed E-state index contributed by atoms with van der Waals surface area (Å²) in [7, 11) is 0. The van der Waals surface area contributed by atoms with Gasteiger partial charge in [-0.2, -0.15) is 0 Å². The van der Waals surface area contributed by atoms with Gasteiger partial charge < -0.3 is 19.5 Å². The molecule has 0 amide bonds. The van der Waals surface area contributed by atoms with E-state index in [0.717, 1.165) is 22.5 Å². The van der Waals surface area contributed by atoms with E-state index in [2.05, 4.69) is 10.3 Å². The summed E-state index contributed by atoms with van der Waals surface area (Å²) < 4.78 is 16.4. The van der Waals surface area contributed by atoms with Crippen LogP contribution in [0.3, 0.4) is 0 Å². The third-order valence-electron chi connectivity index (χ3n) is 5.13. The number of hydrogen-bond donors (Lipinski definition) is 1. The Morgan fingerprint density at radius 2 is 1.78 bits per heavy atom. The van der Waals surface area contributed by atoms with Gasteiger partial charge in [0.1, 0.15) is 11.9 Å². The quantitative estimate of drug-likeness (QED) is 0.514. The Morgan fingerprint density at radius 1 is 1.09 bits per heavy atom. The summed E-state index contributed by atoms with van der Waals surface area (Å²) in [4.78, 5) is 22.2. The molecular formula is C25H27N3O4. The van der Waals surface area contributed by atoms with E-state index in [1.807, 2.05) is 60.7 Å². The summed E-state index contributed by atoms with van der Waals surface area (Å²) in [5.74, 6) is 0.177. The molecule has 0 saturated carbocycles. The van der Waals surface area contributed by atoms with E-state index < -0.39 is 12.3 Å². The van der Waals surface area contributed by atoms with E-state index in [4.69, 9.17) is 19.2 Å². The second kappa shape index (κ2) is 10.8. The van der Waals surface area contributed by atoms with Crippen molar-refractivity contribution in [1.82, 2.24) is 9.97 Å². The number of nitrogens with one attached hydrogen (secondary N) is 1. The first-order chi connectivity index (χ1) is 15.7. The fourth-order valence-corrected chi connectivity index (χ4v) is 3.57. The van der Waals surface area contributed by atoms with E-state index in [1.54, 1.807) is 13.1 Å². The SMILES string of the molecule is CCOC(=O)C(CC1OCCO1)Nc1ncc(-c2ccccc2)nc1Cc1ccccc1. The first-order valence-corrected chi connectivity index (χ1v) is 10.8. The summed E-state index contributed by atoms with van der Waals surface area (Å²) in [6.45, 7) is 3.11. The molecule has 1 unspecified atom stereocenters. The Balaban J connectivity index is 1.64. The van der Waals surface area contributed by atoms with Crippen LogP contribution in [0.15, 0.2) is 66.9 Å². The van der Waals surface area contributed by atoms with Crippen LogP contribution in [0.1, 0.15) is 24.6 Å². The molecule has 2 aromatic carbocycles. The number of nitrogens with zero attached hydrogens (tertiary/aromatic N) is 2. The van der Waals surface area contributed by atoms with Gasteiger partial charge in [-0.1, -0.05) is 60.7 Å². The van der Waals surface area contributed by atoms with Crippen LogP contribution in [0.2, 0.25) is 0 Å². The van der Waals surface area contributed by atoms with Gasteiger partial charge in [-0.05, 0) is 12.5 Å². The normalized spacial score (nSPS) is 14.8. The van der Waals surface area contributed by atoms with Crippen molar-refractivity contribution in [3.63, 3.8) is 0 Å². The first-order valence-electron chi connectivity index (χ1n) is 10.8. The van der Waals surface area contributed by atoms with Crippen molar-refractivity contribution in [2.45, 2.75) is 32.1 Å². The predicted molar refractivity (Wildman–Crippen MR) is 121 cm³/mol. The molecule has 0 aliphatic carbocycles. The van der Waals surface area contributed by atoms with E-state index in [-0.39, 0.29) is 5.97 Å². The van der Waals surface area contributed by atoms with Crippen LogP contribution in [0, 0.1) is 0 Å². The lowest BCUT2D eigenvalue weighted by molar-refractivity contribution is -0.146. The van der Waals surface area contributed by atoms with E-state index in [9.17, 15) is 4.79 Å². The number of benzene rings is 2. The van der Waals surface area contributed by atoms with Crippen LogP contribution in [0.25, 0.3) is 11.3 Å². The van der Waals surface area contributed by atoms with Crippen molar-refractivity contribution in [2.75, 3.05) is 25.1 Å². The van der Waals surface area contributed by atoms with Gasteiger partial charge in [-0.3, -0.25) is 0 Å². The molecule has 7 nitrogen and oxygen atoms in total. The highest BCUT2D eigenvalue weighted by atomic mass is 16.7. The lowest BCUT2D eigenvalue weighted by atomic mass is 10.1. The van der Waals surface area contributed by atoms with Gasteiger partial charge >= 0.3 is 5.97 Å². The maximum absolute atomic E-state index is 12.6. The third-order valence-corrected chi connectivity index (χ3v) is 5.13. The Bertz CT molecular complexity index is 1010. The highest BCUT2D eigenvalue weighted by Gasteiger charge is 2.28. The highest BCUT2D eigenvalue weighted by Crippen LogP contribution is 2.23. The maximum Gasteiger partial charge on any atom is 0.328 e. The topological polar surface area (TPSA) is 82.6 Å². The highest BCUT2D eigenvalue weighted by molar-refractivity contribution is 5.79. The molecule has 7 heteroatoms. The molecule has 1 saturated heterocycles. The minimum Gasteiger partial charge on any atom is -0.464 e. The number of carbonyl (C=O) groups excluding carboxylic acids is 1. The summed E-state index contributed by atoms with van der Waals surface area (Å²) in [5.41, 5.74) is 3.61. The minimum absolute atomic E-state index is 0.291. The summed E-state index contributed by atoms with van der Waals surface area (Å²) in [6.07, 6.45) is 2.16. The molecule has 3 aromatic rings.